The molecule has 0 spiro atoms. The number of aryl methyl sites for hydroxylation is 1. The van der Waals surface area contributed by atoms with Gasteiger partial charge >= 0.3 is 6.92 Å². The molecular formula is C29H40BFN2O2S. The number of carbonyl (C=O) groups is 1. The molecule has 1 unspecified atom stereocenters. The summed E-state index contributed by atoms with van der Waals surface area (Å²) in [5, 5.41) is 4.53. The Morgan fingerprint density at radius 3 is 2.44 bits per heavy atom. The van der Waals surface area contributed by atoms with Gasteiger partial charge in [-0.15, -0.1) is 0 Å². The van der Waals surface area contributed by atoms with Crippen LogP contribution in [0.25, 0.3) is 0 Å². The van der Waals surface area contributed by atoms with Crippen molar-refractivity contribution in [3.8, 4) is 0 Å². The molecule has 194 valence electrons. The first kappa shape index (κ1) is 27.1. The summed E-state index contributed by atoms with van der Waals surface area (Å²) in [5.74, 6) is 0.458. The van der Waals surface area contributed by atoms with Gasteiger partial charge in [0.05, 0.1) is 16.7 Å². The fourth-order valence-electron chi connectivity index (χ4n) is 5.01. The van der Waals surface area contributed by atoms with E-state index < -0.39 is 10.5 Å². The van der Waals surface area contributed by atoms with Gasteiger partial charge in [0.1, 0.15) is 0 Å². The van der Waals surface area contributed by atoms with Crippen molar-refractivity contribution in [2.24, 2.45) is 11.3 Å². The average Bonchev–Trinajstić information content (AvgIpc) is 3.51. The topological polar surface area (TPSA) is 50.4 Å². The number of nitrogens with one attached hydrogen (secondary N) is 2. The highest BCUT2D eigenvalue weighted by Gasteiger charge is 2.52. The number of carbonyl (C=O) groups excluding carboxylic acids is 1. The molecule has 0 bridgehead atoms. The van der Waals surface area contributed by atoms with Gasteiger partial charge in [0.2, 0.25) is 11.0 Å². The number of thioether (sulfide) groups is 1. The third-order valence-electron chi connectivity index (χ3n) is 8.82. The van der Waals surface area contributed by atoms with Gasteiger partial charge in [-0.25, -0.2) is 4.39 Å². The molecule has 0 aromatic heterocycles. The minimum atomic E-state index is -1.52. The number of hydrogen-bond acceptors (Lipinski definition) is 4. The molecule has 4 rings (SSSR count). The number of amides is 1. The number of benzene rings is 2. The second-order valence-corrected chi connectivity index (χ2v) is 13.5. The van der Waals surface area contributed by atoms with E-state index >= 15 is 0 Å². The van der Waals surface area contributed by atoms with Crippen molar-refractivity contribution in [1.29, 1.82) is 0 Å². The monoisotopic (exact) mass is 510 g/mol. The number of anilines is 2. The Labute approximate surface area is 220 Å². The van der Waals surface area contributed by atoms with Gasteiger partial charge in [-0.3, -0.25) is 4.79 Å². The maximum absolute atomic E-state index is 14.4. The highest BCUT2D eigenvalue weighted by molar-refractivity contribution is 8.01. The first-order valence-corrected chi connectivity index (χ1v) is 13.8. The van der Waals surface area contributed by atoms with Crippen LogP contribution in [0.3, 0.4) is 0 Å². The highest BCUT2D eigenvalue weighted by Crippen LogP contribution is 2.53. The fraction of sp³-hybridized carbons (Fsp3) is 0.552. The first-order valence-electron chi connectivity index (χ1n) is 13.0. The number of alkyl halides is 1. The van der Waals surface area contributed by atoms with Crippen LogP contribution in [0.4, 0.5) is 15.8 Å². The van der Waals surface area contributed by atoms with Crippen molar-refractivity contribution >= 4 is 41.4 Å². The minimum Gasteiger partial charge on any atom is -0.426 e. The smallest absolute Gasteiger partial charge is 0.324 e. The van der Waals surface area contributed by atoms with E-state index in [1.807, 2.05) is 36.4 Å². The summed E-state index contributed by atoms with van der Waals surface area (Å²) in [6.07, 6.45) is 1.58. The summed E-state index contributed by atoms with van der Waals surface area (Å²) in [7, 11) is 0. The van der Waals surface area contributed by atoms with Crippen LogP contribution < -0.4 is 16.1 Å². The quantitative estimate of drug-likeness (QED) is 0.293. The summed E-state index contributed by atoms with van der Waals surface area (Å²) in [6, 6.07) is 11.9. The van der Waals surface area contributed by atoms with E-state index in [2.05, 4.69) is 65.9 Å². The Bertz CT molecular complexity index is 1170. The summed E-state index contributed by atoms with van der Waals surface area (Å²) < 4.78 is 21.0. The molecule has 2 aromatic carbocycles. The predicted octanol–water partition coefficient (Wildman–Crippen LogP) is 7.13. The van der Waals surface area contributed by atoms with Crippen LogP contribution in [-0.4, -0.2) is 23.5 Å². The van der Waals surface area contributed by atoms with E-state index in [1.165, 1.54) is 6.92 Å². The molecule has 1 atom stereocenters. The van der Waals surface area contributed by atoms with Crippen LogP contribution in [0.15, 0.2) is 41.3 Å². The molecule has 2 aliphatic rings. The van der Waals surface area contributed by atoms with Crippen LogP contribution in [0.5, 0.6) is 0 Å². The Balaban J connectivity index is 1.52. The molecule has 2 N–H and O–H groups in total. The average molecular weight is 511 g/mol. The van der Waals surface area contributed by atoms with Gasteiger partial charge in [-0.05, 0) is 87.2 Å². The normalized spacial score (nSPS) is 20.6. The SMILES string of the molecule is CB(OC(C)(C)C(C)(C)C(C)C)c1cc(NC(=O)C2(c3ccc4c(c3)SC(C)(F)N4)CC2)ccc1C. The van der Waals surface area contributed by atoms with E-state index in [4.69, 9.17) is 4.65 Å². The lowest BCUT2D eigenvalue weighted by atomic mass is 9.59. The van der Waals surface area contributed by atoms with Crippen molar-refractivity contribution in [2.75, 3.05) is 10.6 Å². The maximum Gasteiger partial charge on any atom is 0.324 e. The standard InChI is InChI=1S/C29H40BFN2O2S/c1-18(2)26(4,5)27(6,7)35-30(9)22-17-21(12-10-19(22)3)32-25(34)29(14-15-29)20-11-13-23-24(16-20)36-28(8,31)33-23/h10-13,16-18,33H,14-15H2,1-9H3,(H,32,34). The van der Waals surface area contributed by atoms with Gasteiger partial charge in [0.15, 0.2) is 0 Å². The van der Waals surface area contributed by atoms with E-state index in [0.717, 1.165) is 57.5 Å². The van der Waals surface area contributed by atoms with Crippen LogP contribution in [-0.2, 0) is 14.9 Å². The van der Waals surface area contributed by atoms with E-state index in [9.17, 15) is 9.18 Å². The zero-order valence-electron chi connectivity index (χ0n) is 23.1. The number of fused-ring (bicyclic) bond motifs is 1. The Morgan fingerprint density at radius 1 is 1.17 bits per heavy atom. The zero-order chi connectivity index (χ0) is 26.7. The van der Waals surface area contributed by atoms with Crippen molar-refractivity contribution in [3.05, 3.63) is 47.5 Å². The predicted molar refractivity (Wildman–Crippen MR) is 151 cm³/mol. The molecule has 2 aromatic rings. The second-order valence-electron chi connectivity index (χ2n) is 12.1. The summed E-state index contributed by atoms with van der Waals surface area (Å²) in [5.41, 5.74) is 3.82. The summed E-state index contributed by atoms with van der Waals surface area (Å²) >= 11 is 1.16. The number of rotatable bonds is 8. The van der Waals surface area contributed by atoms with Crippen molar-refractivity contribution in [3.63, 3.8) is 0 Å². The van der Waals surface area contributed by atoms with Gasteiger partial charge in [-0.2, -0.15) is 0 Å². The summed E-state index contributed by atoms with van der Waals surface area (Å²) in [4.78, 5) is 14.3. The maximum atomic E-state index is 14.4. The molecule has 1 amide bonds. The zero-order valence-corrected chi connectivity index (χ0v) is 24.0. The molecule has 0 saturated heterocycles. The second kappa shape index (κ2) is 9.09. The van der Waals surface area contributed by atoms with E-state index in [-0.39, 0.29) is 23.8 Å². The molecule has 1 fully saturated rings. The Kier molecular flexibility index (Phi) is 6.83. The third kappa shape index (κ3) is 4.93. The molecule has 1 saturated carbocycles. The molecule has 1 aliphatic carbocycles. The van der Waals surface area contributed by atoms with Gasteiger partial charge in [0.25, 0.3) is 0 Å². The Hall–Kier alpha value is -1.99. The number of hydrogen-bond donors (Lipinski definition) is 2. The molecule has 36 heavy (non-hydrogen) atoms. The van der Waals surface area contributed by atoms with Crippen LogP contribution in [0.2, 0.25) is 6.82 Å². The Morgan fingerprint density at radius 2 is 1.83 bits per heavy atom. The van der Waals surface area contributed by atoms with Gasteiger partial charge in [-0.1, -0.05) is 64.0 Å². The largest absolute Gasteiger partial charge is 0.426 e. The molecular weight excluding hydrogens is 470 g/mol. The molecule has 1 aliphatic heterocycles. The van der Waals surface area contributed by atoms with Crippen molar-refractivity contribution in [1.82, 2.24) is 0 Å². The van der Waals surface area contributed by atoms with Gasteiger partial charge in [0, 0.05) is 10.6 Å². The lowest BCUT2D eigenvalue weighted by molar-refractivity contribution is -0.118. The van der Waals surface area contributed by atoms with Crippen molar-refractivity contribution in [2.45, 2.75) is 96.1 Å². The number of halogens is 1. The lowest BCUT2D eigenvalue weighted by Gasteiger charge is -2.46. The summed E-state index contributed by atoms with van der Waals surface area (Å²) in [6.45, 7) is 18.9. The highest BCUT2D eigenvalue weighted by atomic mass is 32.2. The first-order chi connectivity index (χ1) is 16.6. The van der Waals surface area contributed by atoms with Crippen molar-refractivity contribution < 1.29 is 13.8 Å². The third-order valence-corrected chi connectivity index (χ3v) is 9.86. The molecule has 4 nitrogen and oxygen atoms in total. The van der Waals surface area contributed by atoms with E-state index in [0.29, 0.717) is 5.92 Å². The minimum absolute atomic E-state index is 0.00828. The van der Waals surface area contributed by atoms with Crippen LogP contribution in [0.1, 0.15) is 72.4 Å². The molecule has 0 radical (unpaired) electrons. The molecule has 1 heterocycles. The lowest BCUT2D eigenvalue weighted by Crippen LogP contribution is -2.50. The van der Waals surface area contributed by atoms with Crippen LogP contribution >= 0.6 is 11.8 Å². The fourth-order valence-corrected chi connectivity index (χ4v) is 6.00. The van der Waals surface area contributed by atoms with E-state index in [1.54, 1.807) is 0 Å². The molecule has 7 heteroatoms. The van der Waals surface area contributed by atoms with Crippen LogP contribution in [0, 0.1) is 18.3 Å². The van der Waals surface area contributed by atoms with Gasteiger partial charge < -0.3 is 15.3 Å².